The van der Waals surface area contributed by atoms with Crippen LogP contribution in [0.4, 0.5) is 0 Å². The van der Waals surface area contributed by atoms with Crippen LogP contribution in [0.2, 0.25) is 0 Å². The van der Waals surface area contributed by atoms with Crippen LogP contribution in [0.1, 0.15) is 17.0 Å². The van der Waals surface area contributed by atoms with Crippen LogP contribution >= 0.6 is 0 Å². The van der Waals surface area contributed by atoms with Gasteiger partial charge in [0, 0.05) is 13.0 Å². The minimum atomic E-state index is -0.655. The van der Waals surface area contributed by atoms with Crippen molar-refractivity contribution < 1.29 is 9.59 Å². The average molecular weight is 282 g/mol. The molecule has 0 aliphatic heterocycles. The zero-order chi connectivity index (χ0) is 15.1. The van der Waals surface area contributed by atoms with Gasteiger partial charge >= 0.3 is 0 Å². The summed E-state index contributed by atoms with van der Waals surface area (Å²) in [6.45, 7) is 0. The van der Waals surface area contributed by atoms with Crippen LogP contribution in [0.5, 0.6) is 0 Å². The SMILES string of the molecule is CNC(=O)[C@@H](NC=O)C(c1ccccc1)c1ccccc1. The van der Waals surface area contributed by atoms with E-state index in [1.54, 1.807) is 7.05 Å². The van der Waals surface area contributed by atoms with Crippen molar-refractivity contribution in [2.24, 2.45) is 0 Å². The molecule has 2 rings (SSSR count). The van der Waals surface area contributed by atoms with E-state index in [1.807, 2.05) is 60.7 Å². The lowest BCUT2D eigenvalue weighted by atomic mass is 9.84. The predicted octanol–water partition coefficient (Wildman–Crippen LogP) is 1.68. The van der Waals surface area contributed by atoms with Crippen LogP contribution in [0.3, 0.4) is 0 Å². The molecule has 0 saturated carbocycles. The van der Waals surface area contributed by atoms with Gasteiger partial charge in [0.15, 0.2) is 0 Å². The van der Waals surface area contributed by atoms with Crippen LogP contribution in [-0.4, -0.2) is 25.4 Å². The van der Waals surface area contributed by atoms with Gasteiger partial charge in [-0.25, -0.2) is 0 Å². The highest BCUT2D eigenvalue weighted by molar-refractivity contribution is 5.85. The molecule has 0 aliphatic rings. The molecule has 2 aromatic carbocycles. The van der Waals surface area contributed by atoms with Crippen LogP contribution < -0.4 is 10.6 Å². The fraction of sp³-hybridized carbons (Fsp3) is 0.176. The van der Waals surface area contributed by atoms with Crippen molar-refractivity contribution in [1.82, 2.24) is 10.6 Å². The molecule has 0 spiro atoms. The Bertz CT molecular complexity index is 545. The van der Waals surface area contributed by atoms with E-state index in [9.17, 15) is 9.59 Å². The van der Waals surface area contributed by atoms with E-state index in [2.05, 4.69) is 10.6 Å². The number of likely N-dealkylation sites (N-methyl/N-ethyl adjacent to an activating group) is 1. The van der Waals surface area contributed by atoms with Gasteiger partial charge in [0.1, 0.15) is 6.04 Å². The average Bonchev–Trinajstić information content (AvgIpc) is 2.55. The van der Waals surface area contributed by atoms with Crippen LogP contribution in [0.15, 0.2) is 60.7 Å². The normalized spacial score (nSPS) is 11.7. The van der Waals surface area contributed by atoms with Crippen molar-refractivity contribution in [3.63, 3.8) is 0 Å². The molecule has 0 saturated heterocycles. The Balaban J connectivity index is 2.49. The lowest BCUT2D eigenvalue weighted by Crippen LogP contribution is -2.46. The summed E-state index contributed by atoms with van der Waals surface area (Å²) in [5.74, 6) is -0.461. The summed E-state index contributed by atoms with van der Waals surface area (Å²) in [7, 11) is 1.56. The largest absolute Gasteiger partial charge is 0.357 e. The lowest BCUT2D eigenvalue weighted by molar-refractivity contribution is -0.125. The molecular weight excluding hydrogens is 264 g/mol. The fourth-order valence-corrected chi connectivity index (χ4v) is 2.45. The third kappa shape index (κ3) is 3.48. The molecule has 0 heterocycles. The second-order valence-corrected chi connectivity index (χ2v) is 4.68. The van der Waals surface area contributed by atoms with Crippen molar-refractivity contribution in [2.45, 2.75) is 12.0 Å². The summed E-state index contributed by atoms with van der Waals surface area (Å²) >= 11 is 0. The molecule has 0 bridgehead atoms. The van der Waals surface area contributed by atoms with Crippen molar-refractivity contribution >= 4 is 12.3 Å². The first-order valence-electron chi connectivity index (χ1n) is 6.79. The predicted molar refractivity (Wildman–Crippen MR) is 81.8 cm³/mol. The van der Waals surface area contributed by atoms with Crippen LogP contribution in [-0.2, 0) is 9.59 Å². The summed E-state index contributed by atoms with van der Waals surface area (Å²) in [5, 5.41) is 5.25. The maximum atomic E-state index is 12.2. The second kappa shape index (κ2) is 7.24. The molecule has 0 aliphatic carbocycles. The number of carbonyl (C=O) groups is 2. The first-order valence-corrected chi connectivity index (χ1v) is 6.79. The number of hydrogen-bond acceptors (Lipinski definition) is 2. The maximum Gasteiger partial charge on any atom is 0.243 e. The van der Waals surface area contributed by atoms with Gasteiger partial charge < -0.3 is 10.6 Å². The third-order valence-electron chi connectivity index (χ3n) is 3.43. The van der Waals surface area contributed by atoms with E-state index in [0.29, 0.717) is 6.41 Å². The highest BCUT2D eigenvalue weighted by Gasteiger charge is 2.29. The highest BCUT2D eigenvalue weighted by Crippen LogP contribution is 2.28. The van der Waals surface area contributed by atoms with Gasteiger partial charge in [-0.1, -0.05) is 60.7 Å². The minimum Gasteiger partial charge on any atom is -0.357 e. The van der Waals surface area contributed by atoms with E-state index in [4.69, 9.17) is 0 Å². The summed E-state index contributed by atoms with van der Waals surface area (Å²) in [6.07, 6.45) is 0.568. The first-order chi connectivity index (χ1) is 10.3. The monoisotopic (exact) mass is 282 g/mol. The van der Waals surface area contributed by atoms with Gasteiger partial charge in [-0.2, -0.15) is 0 Å². The van der Waals surface area contributed by atoms with Crippen molar-refractivity contribution in [2.75, 3.05) is 7.05 Å². The topological polar surface area (TPSA) is 58.2 Å². The number of amides is 2. The Morgan fingerprint density at radius 1 is 0.952 bits per heavy atom. The quantitative estimate of drug-likeness (QED) is 0.792. The number of nitrogens with one attached hydrogen (secondary N) is 2. The molecule has 2 N–H and O–H groups in total. The molecule has 4 heteroatoms. The minimum absolute atomic E-state index is 0.222. The van der Waals surface area contributed by atoms with Gasteiger partial charge in [-0.3, -0.25) is 9.59 Å². The highest BCUT2D eigenvalue weighted by atomic mass is 16.2. The molecular formula is C17H18N2O2. The van der Waals surface area contributed by atoms with Crippen LogP contribution in [0, 0.1) is 0 Å². The summed E-state index contributed by atoms with van der Waals surface area (Å²) in [5.41, 5.74) is 1.96. The lowest BCUT2D eigenvalue weighted by Gasteiger charge is -2.26. The molecule has 4 nitrogen and oxygen atoms in total. The number of carbonyl (C=O) groups excluding carboxylic acids is 2. The maximum absolute atomic E-state index is 12.2. The summed E-state index contributed by atoms with van der Waals surface area (Å²) in [6, 6.07) is 18.7. The molecule has 2 aromatic rings. The molecule has 0 fully saturated rings. The summed E-state index contributed by atoms with van der Waals surface area (Å²) < 4.78 is 0. The Morgan fingerprint density at radius 3 is 1.81 bits per heavy atom. The van der Waals surface area contributed by atoms with E-state index in [-0.39, 0.29) is 11.8 Å². The van der Waals surface area contributed by atoms with E-state index >= 15 is 0 Å². The molecule has 0 radical (unpaired) electrons. The second-order valence-electron chi connectivity index (χ2n) is 4.68. The molecule has 0 aromatic heterocycles. The van der Waals surface area contributed by atoms with E-state index in [0.717, 1.165) is 11.1 Å². The van der Waals surface area contributed by atoms with Crippen LogP contribution in [0.25, 0.3) is 0 Å². The van der Waals surface area contributed by atoms with E-state index in [1.165, 1.54) is 0 Å². The Morgan fingerprint density at radius 2 is 1.43 bits per heavy atom. The number of rotatable bonds is 6. The molecule has 0 unspecified atom stereocenters. The Labute approximate surface area is 124 Å². The van der Waals surface area contributed by atoms with Gasteiger partial charge in [0.05, 0.1) is 0 Å². The van der Waals surface area contributed by atoms with Crippen molar-refractivity contribution in [3.05, 3.63) is 71.8 Å². The number of hydrogen-bond donors (Lipinski definition) is 2. The third-order valence-corrected chi connectivity index (χ3v) is 3.43. The van der Waals surface area contributed by atoms with Gasteiger partial charge in [-0.05, 0) is 11.1 Å². The zero-order valence-corrected chi connectivity index (χ0v) is 11.8. The zero-order valence-electron chi connectivity index (χ0n) is 11.8. The molecule has 108 valence electrons. The molecule has 1 atom stereocenters. The Hall–Kier alpha value is -2.62. The molecule has 2 amide bonds. The van der Waals surface area contributed by atoms with E-state index < -0.39 is 6.04 Å². The first kappa shape index (κ1) is 14.8. The summed E-state index contributed by atoms with van der Waals surface area (Å²) in [4.78, 5) is 23.1. The van der Waals surface area contributed by atoms with Gasteiger partial charge in [0.25, 0.3) is 0 Å². The van der Waals surface area contributed by atoms with Gasteiger partial charge in [-0.15, -0.1) is 0 Å². The van der Waals surface area contributed by atoms with Gasteiger partial charge in [0.2, 0.25) is 12.3 Å². The van der Waals surface area contributed by atoms with Crippen molar-refractivity contribution in [3.8, 4) is 0 Å². The molecule has 21 heavy (non-hydrogen) atoms. The smallest absolute Gasteiger partial charge is 0.243 e. The Kier molecular flexibility index (Phi) is 5.10. The fourth-order valence-electron chi connectivity index (χ4n) is 2.45. The van der Waals surface area contributed by atoms with Crippen molar-refractivity contribution in [1.29, 1.82) is 0 Å². The number of benzene rings is 2. The standard InChI is InChI=1S/C17H18N2O2/c1-18-17(21)16(19-12-20)15(13-8-4-2-5-9-13)14-10-6-3-7-11-14/h2-12,15-16H,1H3,(H,18,21)(H,19,20)/t16-/m0/s1.